The van der Waals surface area contributed by atoms with Crippen molar-refractivity contribution in [1.82, 2.24) is 5.32 Å². The molecule has 116 valence electrons. The highest BCUT2D eigenvalue weighted by atomic mass is 35.5. The van der Waals surface area contributed by atoms with Crippen molar-refractivity contribution in [2.24, 2.45) is 5.73 Å². The topological polar surface area (TPSA) is 73.6 Å². The van der Waals surface area contributed by atoms with Gasteiger partial charge in [-0.2, -0.15) is 0 Å². The predicted octanol–water partition coefficient (Wildman–Crippen LogP) is 1.52. The molecule has 1 aliphatic heterocycles. The molecule has 0 unspecified atom stereocenters. The maximum Gasteiger partial charge on any atom is 0.258 e. The van der Waals surface area contributed by atoms with Gasteiger partial charge in [-0.25, -0.2) is 0 Å². The van der Waals surface area contributed by atoms with E-state index in [4.69, 9.17) is 26.8 Å². The number of rotatable bonds is 6. The molecule has 1 fully saturated rings. The Morgan fingerprint density at radius 1 is 1.43 bits per heavy atom. The van der Waals surface area contributed by atoms with E-state index in [0.29, 0.717) is 37.0 Å². The van der Waals surface area contributed by atoms with Crippen molar-refractivity contribution in [3.05, 3.63) is 28.8 Å². The first kappa shape index (κ1) is 16.1. The van der Waals surface area contributed by atoms with Crippen molar-refractivity contribution in [1.29, 1.82) is 0 Å². The molecule has 3 N–H and O–H groups in total. The van der Waals surface area contributed by atoms with Crippen LogP contribution in [0.4, 0.5) is 0 Å². The van der Waals surface area contributed by atoms with Crippen LogP contribution in [-0.4, -0.2) is 38.3 Å². The van der Waals surface area contributed by atoms with Gasteiger partial charge in [0.2, 0.25) is 0 Å². The van der Waals surface area contributed by atoms with Crippen LogP contribution in [0, 0.1) is 0 Å². The minimum absolute atomic E-state index is 0.0430. The molecule has 0 spiro atoms. The molecular formula is C15H21ClN2O3. The Morgan fingerprint density at radius 2 is 2.19 bits per heavy atom. The molecule has 1 amide bonds. The van der Waals surface area contributed by atoms with E-state index < -0.39 is 0 Å². The second-order valence-corrected chi connectivity index (χ2v) is 5.42. The van der Waals surface area contributed by atoms with Crippen molar-refractivity contribution in [2.45, 2.75) is 25.3 Å². The fourth-order valence-electron chi connectivity index (χ4n) is 2.32. The average Bonchev–Trinajstić information content (AvgIpc) is 2.48. The molecule has 2 rings (SSSR count). The molecule has 0 aromatic heterocycles. The molecule has 0 radical (unpaired) electrons. The van der Waals surface area contributed by atoms with Gasteiger partial charge >= 0.3 is 0 Å². The second-order valence-electron chi connectivity index (χ2n) is 5.01. The Kier molecular flexibility index (Phi) is 6.29. The summed E-state index contributed by atoms with van der Waals surface area (Å²) in [6, 6.07) is 5.67. The molecule has 1 saturated heterocycles. The van der Waals surface area contributed by atoms with Crippen LogP contribution < -0.4 is 15.8 Å². The van der Waals surface area contributed by atoms with E-state index in [2.05, 4.69) is 5.32 Å². The van der Waals surface area contributed by atoms with Crippen LogP contribution in [0.5, 0.6) is 5.75 Å². The van der Waals surface area contributed by atoms with Crippen LogP contribution in [0.1, 0.15) is 18.4 Å². The summed E-state index contributed by atoms with van der Waals surface area (Å²) in [5, 5.41) is 3.45. The maximum absolute atomic E-state index is 11.9. The standard InChI is InChI=1S/C15H21ClN2O3/c16-13-3-1-2-11(4-7-17)15(13)21-10-14(19)18-12-5-8-20-9-6-12/h1-3,12H,4-10,17H2,(H,18,19). The molecule has 1 heterocycles. The number of carbonyl (C=O) groups excluding carboxylic acids is 1. The molecule has 1 aromatic rings. The van der Waals surface area contributed by atoms with E-state index in [1.807, 2.05) is 12.1 Å². The number of hydrogen-bond donors (Lipinski definition) is 2. The van der Waals surface area contributed by atoms with Gasteiger partial charge in [0, 0.05) is 19.3 Å². The molecule has 0 bridgehead atoms. The minimum atomic E-state index is -0.138. The third kappa shape index (κ3) is 4.88. The second kappa shape index (κ2) is 8.22. The lowest BCUT2D eigenvalue weighted by Crippen LogP contribution is -2.41. The van der Waals surface area contributed by atoms with E-state index in [1.54, 1.807) is 6.07 Å². The monoisotopic (exact) mass is 312 g/mol. The number of nitrogens with one attached hydrogen (secondary N) is 1. The quantitative estimate of drug-likeness (QED) is 0.835. The van der Waals surface area contributed by atoms with E-state index in [9.17, 15) is 4.79 Å². The first-order valence-corrected chi connectivity index (χ1v) is 7.56. The van der Waals surface area contributed by atoms with Crippen LogP contribution in [0.25, 0.3) is 0 Å². The molecule has 5 nitrogen and oxygen atoms in total. The zero-order valence-electron chi connectivity index (χ0n) is 11.9. The maximum atomic E-state index is 11.9. The van der Waals surface area contributed by atoms with E-state index >= 15 is 0 Å². The normalized spacial score (nSPS) is 15.7. The molecule has 6 heteroatoms. The molecule has 1 aromatic carbocycles. The number of nitrogens with two attached hydrogens (primary N) is 1. The van der Waals surface area contributed by atoms with E-state index in [-0.39, 0.29) is 18.6 Å². The lowest BCUT2D eigenvalue weighted by Gasteiger charge is -2.23. The molecule has 21 heavy (non-hydrogen) atoms. The van der Waals surface area contributed by atoms with Crippen molar-refractivity contribution in [3.63, 3.8) is 0 Å². The summed E-state index contributed by atoms with van der Waals surface area (Å²) in [5.74, 6) is 0.410. The SMILES string of the molecule is NCCc1cccc(Cl)c1OCC(=O)NC1CCOCC1. The first-order valence-electron chi connectivity index (χ1n) is 7.18. The highest BCUT2D eigenvalue weighted by molar-refractivity contribution is 6.32. The highest BCUT2D eigenvalue weighted by Crippen LogP contribution is 2.28. The van der Waals surface area contributed by atoms with Crippen molar-refractivity contribution < 1.29 is 14.3 Å². The average molecular weight is 313 g/mol. The summed E-state index contributed by atoms with van der Waals surface area (Å²) in [6.45, 7) is 1.84. The highest BCUT2D eigenvalue weighted by Gasteiger charge is 2.17. The smallest absolute Gasteiger partial charge is 0.258 e. The third-order valence-electron chi connectivity index (χ3n) is 3.40. The summed E-state index contributed by atoms with van der Waals surface area (Å²) >= 11 is 6.13. The van der Waals surface area contributed by atoms with Crippen LogP contribution in [0.2, 0.25) is 5.02 Å². The molecular weight excluding hydrogens is 292 g/mol. The van der Waals surface area contributed by atoms with Gasteiger partial charge < -0.3 is 20.5 Å². The molecule has 0 saturated carbocycles. The number of halogens is 1. The Bertz CT molecular complexity index is 476. The third-order valence-corrected chi connectivity index (χ3v) is 3.69. The van der Waals surface area contributed by atoms with Gasteiger partial charge in [-0.3, -0.25) is 4.79 Å². The Balaban J connectivity index is 1.88. The van der Waals surface area contributed by atoms with Gasteiger partial charge in [-0.1, -0.05) is 23.7 Å². The van der Waals surface area contributed by atoms with Gasteiger partial charge in [-0.05, 0) is 37.4 Å². The predicted molar refractivity (Wildman–Crippen MR) is 81.7 cm³/mol. The molecule has 1 aliphatic rings. The van der Waals surface area contributed by atoms with Crippen LogP contribution in [-0.2, 0) is 16.0 Å². The Morgan fingerprint density at radius 3 is 2.90 bits per heavy atom. The molecule has 0 atom stereocenters. The summed E-state index contributed by atoms with van der Waals surface area (Å²) in [5.41, 5.74) is 6.49. The number of ether oxygens (including phenoxy) is 2. The van der Waals surface area contributed by atoms with Gasteiger partial charge in [0.05, 0.1) is 5.02 Å². The lowest BCUT2D eigenvalue weighted by molar-refractivity contribution is -0.124. The lowest BCUT2D eigenvalue weighted by atomic mass is 10.1. The Hall–Kier alpha value is -1.30. The van der Waals surface area contributed by atoms with Gasteiger partial charge in [-0.15, -0.1) is 0 Å². The first-order chi connectivity index (χ1) is 10.2. The van der Waals surface area contributed by atoms with Crippen LogP contribution in [0.3, 0.4) is 0 Å². The summed E-state index contributed by atoms with van der Waals surface area (Å²) in [6.07, 6.45) is 2.35. The van der Waals surface area contributed by atoms with Crippen molar-refractivity contribution in [2.75, 3.05) is 26.4 Å². The van der Waals surface area contributed by atoms with Gasteiger partial charge in [0.25, 0.3) is 5.91 Å². The zero-order chi connectivity index (χ0) is 15.1. The molecule has 0 aliphatic carbocycles. The summed E-state index contributed by atoms with van der Waals surface area (Å²) in [4.78, 5) is 11.9. The number of amides is 1. The number of para-hydroxylation sites is 1. The Labute approximate surface area is 129 Å². The van der Waals surface area contributed by atoms with Crippen molar-refractivity contribution >= 4 is 17.5 Å². The summed E-state index contributed by atoms with van der Waals surface area (Å²) < 4.78 is 10.9. The van der Waals surface area contributed by atoms with Gasteiger partial charge in [0.1, 0.15) is 5.75 Å². The number of hydrogen-bond acceptors (Lipinski definition) is 4. The zero-order valence-corrected chi connectivity index (χ0v) is 12.7. The number of carbonyl (C=O) groups is 1. The number of benzene rings is 1. The van der Waals surface area contributed by atoms with Crippen LogP contribution in [0.15, 0.2) is 18.2 Å². The van der Waals surface area contributed by atoms with Gasteiger partial charge in [0.15, 0.2) is 6.61 Å². The minimum Gasteiger partial charge on any atom is -0.482 e. The van der Waals surface area contributed by atoms with Crippen molar-refractivity contribution in [3.8, 4) is 5.75 Å². The fourth-order valence-corrected chi connectivity index (χ4v) is 2.57. The van der Waals surface area contributed by atoms with E-state index in [1.165, 1.54) is 0 Å². The van der Waals surface area contributed by atoms with E-state index in [0.717, 1.165) is 18.4 Å². The largest absolute Gasteiger partial charge is 0.482 e. The summed E-state index contributed by atoms with van der Waals surface area (Å²) in [7, 11) is 0. The van der Waals surface area contributed by atoms with Crippen LogP contribution >= 0.6 is 11.6 Å². The fraction of sp³-hybridized carbons (Fsp3) is 0.533.